The summed E-state index contributed by atoms with van der Waals surface area (Å²) in [6.45, 7) is 4.28. The van der Waals surface area contributed by atoms with E-state index in [4.69, 9.17) is 5.11 Å². The van der Waals surface area contributed by atoms with Crippen molar-refractivity contribution in [2.45, 2.75) is 13.8 Å². The highest BCUT2D eigenvalue weighted by molar-refractivity contribution is 5.99. The minimum absolute atomic E-state index is 0.0454. The zero-order valence-corrected chi connectivity index (χ0v) is 10.0. The van der Waals surface area contributed by atoms with E-state index >= 15 is 0 Å². The van der Waals surface area contributed by atoms with Crippen LogP contribution in [0.25, 0.3) is 10.9 Å². The number of nitrogens with one attached hydrogen (secondary N) is 2. The van der Waals surface area contributed by atoms with Crippen LogP contribution in [0.15, 0.2) is 18.2 Å². The van der Waals surface area contributed by atoms with Crippen LogP contribution in [0.2, 0.25) is 0 Å². The van der Waals surface area contributed by atoms with Gasteiger partial charge in [0.15, 0.2) is 0 Å². The van der Waals surface area contributed by atoms with Crippen LogP contribution in [-0.2, 0) is 0 Å². The largest absolute Gasteiger partial charge is 0.395 e. The quantitative estimate of drug-likeness (QED) is 0.751. The number of rotatable bonds is 3. The Bertz CT molecular complexity index is 558. The number of aliphatic hydroxyl groups excluding tert-OH is 1. The van der Waals surface area contributed by atoms with Crippen molar-refractivity contribution in [2.24, 2.45) is 0 Å². The van der Waals surface area contributed by atoms with Crippen molar-refractivity contribution in [1.82, 2.24) is 10.3 Å². The molecular weight excluding hydrogens is 216 g/mol. The van der Waals surface area contributed by atoms with Crippen LogP contribution in [0.4, 0.5) is 0 Å². The van der Waals surface area contributed by atoms with Gasteiger partial charge in [0, 0.05) is 28.7 Å². The highest BCUT2D eigenvalue weighted by atomic mass is 16.3. The Balaban J connectivity index is 2.37. The van der Waals surface area contributed by atoms with E-state index in [1.54, 1.807) is 6.07 Å². The van der Waals surface area contributed by atoms with E-state index in [9.17, 15) is 4.79 Å². The zero-order valence-electron chi connectivity index (χ0n) is 10.0. The van der Waals surface area contributed by atoms with Gasteiger partial charge in [-0.2, -0.15) is 0 Å². The van der Waals surface area contributed by atoms with E-state index in [1.165, 1.54) is 0 Å². The summed E-state index contributed by atoms with van der Waals surface area (Å²) in [5.74, 6) is -0.154. The van der Waals surface area contributed by atoms with Crippen molar-refractivity contribution in [3.05, 3.63) is 35.0 Å². The van der Waals surface area contributed by atoms with E-state index in [-0.39, 0.29) is 19.1 Å². The molecule has 0 aliphatic carbocycles. The molecule has 1 aromatic heterocycles. The number of carbonyl (C=O) groups is 1. The molecule has 0 atom stereocenters. The second-order valence-electron chi connectivity index (χ2n) is 4.11. The highest BCUT2D eigenvalue weighted by Gasteiger charge is 2.09. The van der Waals surface area contributed by atoms with Gasteiger partial charge in [-0.25, -0.2) is 0 Å². The van der Waals surface area contributed by atoms with Gasteiger partial charge in [0.1, 0.15) is 0 Å². The number of fused-ring (bicyclic) bond motifs is 1. The van der Waals surface area contributed by atoms with Crippen LogP contribution in [0, 0.1) is 13.8 Å². The van der Waals surface area contributed by atoms with Gasteiger partial charge in [-0.3, -0.25) is 4.79 Å². The normalized spacial score (nSPS) is 10.8. The van der Waals surface area contributed by atoms with Gasteiger partial charge in [0.05, 0.1) is 6.61 Å². The predicted molar refractivity (Wildman–Crippen MR) is 67.2 cm³/mol. The predicted octanol–water partition coefficient (Wildman–Crippen LogP) is 1.51. The van der Waals surface area contributed by atoms with Crippen molar-refractivity contribution in [2.75, 3.05) is 13.2 Å². The summed E-state index contributed by atoms with van der Waals surface area (Å²) in [6.07, 6.45) is 0. The summed E-state index contributed by atoms with van der Waals surface area (Å²) in [6, 6.07) is 5.56. The Hall–Kier alpha value is -1.81. The minimum atomic E-state index is -0.154. The first-order chi connectivity index (χ1) is 8.13. The summed E-state index contributed by atoms with van der Waals surface area (Å²) in [7, 11) is 0. The van der Waals surface area contributed by atoms with E-state index in [1.807, 2.05) is 26.0 Å². The van der Waals surface area contributed by atoms with Gasteiger partial charge in [-0.1, -0.05) is 0 Å². The molecule has 2 rings (SSSR count). The summed E-state index contributed by atoms with van der Waals surface area (Å²) in [4.78, 5) is 15.0. The maximum atomic E-state index is 11.7. The van der Waals surface area contributed by atoms with Crippen molar-refractivity contribution < 1.29 is 9.90 Å². The van der Waals surface area contributed by atoms with Gasteiger partial charge in [-0.05, 0) is 37.6 Å². The Morgan fingerprint density at radius 2 is 2.18 bits per heavy atom. The molecule has 1 amide bonds. The van der Waals surface area contributed by atoms with E-state index in [0.717, 1.165) is 22.2 Å². The third-order valence-corrected chi connectivity index (χ3v) is 2.97. The third-order valence-electron chi connectivity index (χ3n) is 2.97. The van der Waals surface area contributed by atoms with Crippen molar-refractivity contribution in [3.8, 4) is 0 Å². The number of aryl methyl sites for hydroxylation is 2. The molecule has 0 radical (unpaired) electrons. The van der Waals surface area contributed by atoms with Gasteiger partial charge in [0.2, 0.25) is 0 Å². The number of aromatic nitrogens is 1. The highest BCUT2D eigenvalue weighted by Crippen LogP contribution is 2.22. The monoisotopic (exact) mass is 232 g/mol. The molecule has 0 aliphatic rings. The number of amides is 1. The van der Waals surface area contributed by atoms with E-state index in [0.29, 0.717) is 5.56 Å². The number of carbonyl (C=O) groups excluding carboxylic acids is 1. The molecule has 0 saturated carbocycles. The van der Waals surface area contributed by atoms with Crippen molar-refractivity contribution in [1.29, 1.82) is 0 Å². The molecule has 0 fully saturated rings. The smallest absolute Gasteiger partial charge is 0.251 e. The Morgan fingerprint density at radius 3 is 2.88 bits per heavy atom. The van der Waals surface area contributed by atoms with Crippen LogP contribution in [-0.4, -0.2) is 29.1 Å². The third kappa shape index (κ3) is 2.17. The summed E-state index contributed by atoms with van der Waals surface area (Å²) < 4.78 is 0. The SMILES string of the molecule is Cc1[nH]c2ccc(C(=O)NCCO)cc2c1C. The van der Waals surface area contributed by atoms with Crippen molar-refractivity contribution in [3.63, 3.8) is 0 Å². The number of hydrogen-bond acceptors (Lipinski definition) is 2. The topological polar surface area (TPSA) is 65.1 Å². The van der Waals surface area contributed by atoms with Gasteiger partial charge >= 0.3 is 0 Å². The standard InChI is InChI=1S/C13H16N2O2/c1-8-9(2)15-12-4-3-10(7-11(8)12)13(17)14-5-6-16/h3-4,7,15-16H,5-6H2,1-2H3,(H,14,17). The molecule has 0 saturated heterocycles. The fraction of sp³-hybridized carbons (Fsp3) is 0.308. The molecule has 1 aromatic carbocycles. The molecule has 2 aromatic rings. The first kappa shape index (κ1) is 11.7. The van der Waals surface area contributed by atoms with Crippen LogP contribution in [0.1, 0.15) is 21.6 Å². The van der Waals surface area contributed by atoms with Gasteiger partial charge < -0.3 is 15.4 Å². The summed E-state index contributed by atoms with van der Waals surface area (Å²) >= 11 is 0. The molecular formula is C13H16N2O2. The second-order valence-corrected chi connectivity index (χ2v) is 4.11. The average Bonchev–Trinajstić information content (AvgIpc) is 2.62. The Morgan fingerprint density at radius 1 is 1.41 bits per heavy atom. The molecule has 3 N–H and O–H groups in total. The van der Waals surface area contributed by atoms with Gasteiger partial charge in [-0.15, -0.1) is 0 Å². The number of aliphatic hydroxyl groups is 1. The number of hydrogen-bond donors (Lipinski definition) is 3. The lowest BCUT2D eigenvalue weighted by Gasteiger charge is -2.03. The minimum Gasteiger partial charge on any atom is -0.395 e. The molecule has 0 bridgehead atoms. The second kappa shape index (κ2) is 4.59. The molecule has 90 valence electrons. The molecule has 1 heterocycles. The summed E-state index contributed by atoms with van der Waals surface area (Å²) in [5, 5.41) is 12.4. The number of benzene rings is 1. The lowest BCUT2D eigenvalue weighted by atomic mass is 10.1. The lowest BCUT2D eigenvalue weighted by Crippen LogP contribution is -2.26. The molecule has 4 nitrogen and oxygen atoms in total. The molecule has 0 unspecified atom stereocenters. The van der Waals surface area contributed by atoms with E-state index in [2.05, 4.69) is 10.3 Å². The summed E-state index contributed by atoms with van der Waals surface area (Å²) in [5.41, 5.74) is 3.94. The fourth-order valence-electron chi connectivity index (χ4n) is 1.87. The van der Waals surface area contributed by atoms with Gasteiger partial charge in [0.25, 0.3) is 5.91 Å². The first-order valence-electron chi connectivity index (χ1n) is 5.61. The maximum absolute atomic E-state index is 11.7. The number of H-pyrrole nitrogens is 1. The molecule has 4 heteroatoms. The average molecular weight is 232 g/mol. The lowest BCUT2D eigenvalue weighted by molar-refractivity contribution is 0.0945. The Kier molecular flexibility index (Phi) is 3.15. The zero-order chi connectivity index (χ0) is 12.4. The number of aromatic amines is 1. The molecule has 17 heavy (non-hydrogen) atoms. The maximum Gasteiger partial charge on any atom is 0.251 e. The Labute approximate surface area is 99.7 Å². The first-order valence-corrected chi connectivity index (χ1v) is 5.61. The molecule has 0 aliphatic heterocycles. The van der Waals surface area contributed by atoms with Crippen LogP contribution in [0.3, 0.4) is 0 Å². The van der Waals surface area contributed by atoms with Crippen molar-refractivity contribution >= 4 is 16.8 Å². The fourth-order valence-corrected chi connectivity index (χ4v) is 1.87. The van der Waals surface area contributed by atoms with Crippen LogP contribution < -0.4 is 5.32 Å². The molecule has 0 spiro atoms. The van der Waals surface area contributed by atoms with E-state index < -0.39 is 0 Å². The van der Waals surface area contributed by atoms with Crippen LogP contribution in [0.5, 0.6) is 0 Å². The van der Waals surface area contributed by atoms with Crippen LogP contribution >= 0.6 is 0 Å².